The molecule has 2 amide bonds. The molecular formula is C20H19F3N2O2. The number of hydrogen-bond acceptors (Lipinski definition) is 2. The molecule has 0 spiro atoms. The number of rotatable bonds is 4. The van der Waals surface area contributed by atoms with Crippen molar-refractivity contribution in [2.75, 3.05) is 22.9 Å². The Morgan fingerprint density at radius 3 is 2.59 bits per heavy atom. The molecule has 1 aliphatic rings. The van der Waals surface area contributed by atoms with E-state index in [0.29, 0.717) is 12.2 Å². The summed E-state index contributed by atoms with van der Waals surface area (Å²) in [6, 6.07) is 9.19. The minimum atomic E-state index is -1.63. The quantitative estimate of drug-likeness (QED) is 0.762. The van der Waals surface area contributed by atoms with Crippen molar-refractivity contribution in [3.05, 3.63) is 59.4 Å². The highest BCUT2D eigenvalue weighted by Crippen LogP contribution is 2.31. The van der Waals surface area contributed by atoms with Crippen LogP contribution in [-0.2, 0) is 9.59 Å². The van der Waals surface area contributed by atoms with Gasteiger partial charge in [-0.1, -0.05) is 12.1 Å². The van der Waals surface area contributed by atoms with Crippen molar-refractivity contribution in [1.82, 2.24) is 0 Å². The second-order valence-electron chi connectivity index (χ2n) is 6.52. The molecule has 1 aliphatic heterocycles. The van der Waals surface area contributed by atoms with Crippen LogP contribution in [0.4, 0.5) is 24.5 Å². The Labute approximate surface area is 155 Å². The van der Waals surface area contributed by atoms with Crippen molar-refractivity contribution in [2.24, 2.45) is 5.92 Å². The van der Waals surface area contributed by atoms with Gasteiger partial charge in [-0.05, 0) is 43.7 Å². The van der Waals surface area contributed by atoms with Gasteiger partial charge in [0.05, 0.1) is 11.6 Å². The second-order valence-corrected chi connectivity index (χ2v) is 6.52. The standard InChI is InChI=1S/C20H19F3N2O2/c1-3-24(14-6-4-5-12(2)9-14)20(27)13-10-17(26)25(11-13)16-8-7-15(21)18(22)19(16)23/h4-9,13H,3,10-11H2,1-2H3. The van der Waals surface area contributed by atoms with Crippen LogP contribution in [0.5, 0.6) is 0 Å². The first-order valence-electron chi connectivity index (χ1n) is 8.65. The molecule has 1 fully saturated rings. The molecule has 2 aromatic carbocycles. The fourth-order valence-corrected chi connectivity index (χ4v) is 3.31. The lowest BCUT2D eigenvalue weighted by Crippen LogP contribution is -2.37. The minimum Gasteiger partial charge on any atom is -0.312 e. The van der Waals surface area contributed by atoms with Crippen molar-refractivity contribution >= 4 is 23.2 Å². The Morgan fingerprint density at radius 2 is 1.93 bits per heavy atom. The molecule has 0 aliphatic carbocycles. The van der Waals surface area contributed by atoms with Crippen LogP contribution in [0, 0.1) is 30.3 Å². The first-order chi connectivity index (χ1) is 12.8. The van der Waals surface area contributed by atoms with E-state index in [1.165, 1.54) is 0 Å². The van der Waals surface area contributed by atoms with E-state index in [-0.39, 0.29) is 24.6 Å². The summed E-state index contributed by atoms with van der Waals surface area (Å²) in [6.45, 7) is 4.06. The summed E-state index contributed by atoms with van der Waals surface area (Å²) in [7, 11) is 0. The lowest BCUT2D eigenvalue weighted by Gasteiger charge is -2.25. The van der Waals surface area contributed by atoms with Crippen molar-refractivity contribution < 1.29 is 22.8 Å². The number of hydrogen-bond donors (Lipinski definition) is 0. The summed E-state index contributed by atoms with van der Waals surface area (Å²) in [4.78, 5) is 27.8. The fraction of sp³-hybridized carbons (Fsp3) is 0.300. The normalized spacial score (nSPS) is 16.7. The molecule has 3 rings (SSSR count). The summed E-state index contributed by atoms with van der Waals surface area (Å²) in [5.74, 6) is -5.84. The van der Waals surface area contributed by atoms with Crippen LogP contribution in [-0.4, -0.2) is 24.9 Å². The van der Waals surface area contributed by atoms with Gasteiger partial charge >= 0.3 is 0 Å². The van der Waals surface area contributed by atoms with Gasteiger partial charge in [0, 0.05) is 25.2 Å². The Balaban J connectivity index is 1.84. The van der Waals surface area contributed by atoms with E-state index >= 15 is 0 Å². The van der Waals surface area contributed by atoms with Crippen molar-refractivity contribution in [2.45, 2.75) is 20.3 Å². The Bertz CT molecular complexity index is 901. The van der Waals surface area contributed by atoms with E-state index in [4.69, 9.17) is 0 Å². The Morgan fingerprint density at radius 1 is 1.19 bits per heavy atom. The molecule has 0 saturated carbocycles. The van der Waals surface area contributed by atoms with E-state index in [9.17, 15) is 22.8 Å². The number of benzene rings is 2. The Kier molecular flexibility index (Phi) is 5.21. The molecule has 0 N–H and O–H groups in total. The summed E-state index contributed by atoms with van der Waals surface area (Å²) >= 11 is 0. The molecule has 7 heteroatoms. The third kappa shape index (κ3) is 3.54. The maximum Gasteiger partial charge on any atom is 0.232 e. The maximum atomic E-state index is 14.0. The topological polar surface area (TPSA) is 40.6 Å². The molecule has 1 atom stereocenters. The largest absolute Gasteiger partial charge is 0.312 e. The zero-order chi connectivity index (χ0) is 19.7. The highest BCUT2D eigenvalue weighted by molar-refractivity contribution is 6.04. The monoisotopic (exact) mass is 376 g/mol. The molecular weight excluding hydrogens is 357 g/mol. The van der Waals surface area contributed by atoms with Crippen LogP contribution in [0.25, 0.3) is 0 Å². The van der Waals surface area contributed by atoms with E-state index in [1.54, 1.807) is 11.0 Å². The molecule has 27 heavy (non-hydrogen) atoms. The summed E-state index contributed by atoms with van der Waals surface area (Å²) in [5.41, 5.74) is 1.35. The molecule has 1 saturated heterocycles. The number of nitrogens with zero attached hydrogens (tertiary/aromatic N) is 2. The van der Waals surface area contributed by atoms with Crippen LogP contribution >= 0.6 is 0 Å². The van der Waals surface area contributed by atoms with E-state index in [2.05, 4.69) is 0 Å². The lowest BCUT2D eigenvalue weighted by atomic mass is 10.1. The van der Waals surface area contributed by atoms with Gasteiger partial charge < -0.3 is 9.80 Å². The van der Waals surface area contributed by atoms with Crippen LogP contribution < -0.4 is 9.80 Å². The van der Waals surface area contributed by atoms with Gasteiger partial charge in [0.25, 0.3) is 0 Å². The molecule has 0 radical (unpaired) electrons. The van der Waals surface area contributed by atoms with Gasteiger partial charge in [0.15, 0.2) is 17.5 Å². The number of carbonyl (C=O) groups excluding carboxylic acids is 2. The zero-order valence-corrected chi connectivity index (χ0v) is 15.0. The van der Waals surface area contributed by atoms with Crippen LogP contribution in [0.15, 0.2) is 36.4 Å². The van der Waals surface area contributed by atoms with Crippen LogP contribution in [0.1, 0.15) is 18.9 Å². The predicted octanol–water partition coefficient (Wildman–Crippen LogP) is 3.82. The molecule has 142 valence electrons. The highest BCUT2D eigenvalue weighted by Gasteiger charge is 2.38. The van der Waals surface area contributed by atoms with Gasteiger partial charge in [-0.2, -0.15) is 0 Å². The van der Waals surface area contributed by atoms with Gasteiger partial charge in [0.1, 0.15) is 0 Å². The van der Waals surface area contributed by atoms with E-state index < -0.39 is 29.3 Å². The number of carbonyl (C=O) groups is 2. The smallest absolute Gasteiger partial charge is 0.232 e. The third-order valence-electron chi connectivity index (χ3n) is 4.68. The van der Waals surface area contributed by atoms with Crippen LogP contribution in [0.3, 0.4) is 0 Å². The van der Waals surface area contributed by atoms with Gasteiger partial charge in [0.2, 0.25) is 11.8 Å². The number of amides is 2. The van der Waals surface area contributed by atoms with Crippen molar-refractivity contribution in [1.29, 1.82) is 0 Å². The first-order valence-corrected chi connectivity index (χ1v) is 8.65. The predicted molar refractivity (Wildman–Crippen MR) is 96.0 cm³/mol. The number of aryl methyl sites for hydroxylation is 1. The van der Waals surface area contributed by atoms with Gasteiger partial charge in [-0.25, -0.2) is 13.2 Å². The summed E-state index contributed by atoms with van der Waals surface area (Å²) in [5, 5.41) is 0. The average Bonchev–Trinajstić information content (AvgIpc) is 3.02. The average molecular weight is 376 g/mol. The highest BCUT2D eigenvalue weighted by atomic mass is 19.2. The van der Waals surface area contributed by atoms with Crippen molar-refractivity contribution in [3.8, 4) is 0 Å². The molecule has 4 nitrogen and oxygen atoms in total. The summed E-state index contributed by atoms with van der Waals surface area (Å²) < 4.78 is 40.7. The summed E-state index contributed by atoms with van der Waals surface area (Å²) in [6.07, 6.45) is -0.112. The fourth-order valence-electron chi connectivity index (χ4n) is 3.31. The van der Waals surface area contributed by atoms with Gasteiger partial charge in [-0.3, -0.25) is 9.59 Å². The molecule has 1 heterocycles. The number of halogens is 3. The van der Waals surface area contributed by atoms with Gasteiger partial charge in [-0.15, -0.1) is 0 Å². The van der Waals surface area contributed by atoms with Crippen LogP contribution in [0.2, 0.25) is 0 Å². The lowest BCUT2D eigenvalue weighted by molar-refractivity contribution is -0.124. The number of anilines is 2. The maximum absolute atomic E-state index is 14.0. The SMILES string of the molecule is CCN(C(=O)C1CC(=O)N(c2ccc(F)c(F)c2F)C1)c1cccc(C)c1. The molecule has 0 bridgehead atoms. The molecule has 0 aromatic heterocycles. The second kappa shape index (κ2) is 7.42. The van der Waals surface area contributed by atoms with E-state index in [0.717, 1.165) is 22.6 Å². The van der Waals surface area contributed by atoms with Crippen molar-refractivity contribution in [3.63, 3.8) is 0 Å². The Hall–Kier alpha value is -2.83. The molecule has 2 aromatic rings. The zero-order valence-electron chi connectivity index (χ0n) is 15.0. The van der Waals surface area contributed by atoms with E-state index in [1.807, 2.05) is 32.0 Å². The first kappa shape index (κ1) is 18.9. The minimum absolute atomic E-state index is 0.0814. The third-order valence-corrected chi connectivity index (χ3v) is 4.68. The molecule has 1 unspecified atom stereocenters.